The van der Waals surface area contributed by atoms with Crippen LogP contribution in [0.1, 0.15) is 12.5 Å². The fraction of sp³-hybridized carbons (Fsp3) is 0.455. The first-order valence-electron chi connectivity index (χ1n) is 5.19. The lowest BCUT2D eigenvalue weighted by molar-refractivity contribution is 0.572. The average molecular weight is 324 g/mol. The molecule has 0 spiro atoms. The van der Waals surface area contributed by atoms with Crippen LogP contribution in [-0.4, -0.2) is 20.7 Å². The lowest BCUT2D eigenvalue weighted by Crippen LogP contribution is -2.22. The van der Waals surface area contributed by atoms with Gasteiger partial charge in [-0.05, 0) is 40.0 Å². The van der Waals surface area contributed by atoms with E-state index in [9.17, 15) is 12.8 Å². The third kappa shape index (κ3) is 4.37. The summed E-state index contributed by atoms with van der Waals surface area (Å²) in [7, 11) is -3.26. The maximum atomic E-state index is 13.2. The molecule has 0 bridgehead atoms. The molecule has 6 heteroatoms. The first kappa shape index (κ1) is 14.6. The molecule has 1 aromatic carbocycles. The second-order valence-electron chi connectivity index (χ2n) is 4.11. The molecule has 0 saturated carbocycles. The number of hydrogen-bond donors (Lipinski definition) is 1. The monoisotopic (exact) mass is 323 g/mol. The van der Waals surface area contributed by atoms with E-state index in [1.165, 1.54) is 12.1 Å². The number of benzene rings is 1. The van der Waals surface area contributed by atoms with Crippen LogP contribution in [0.5, 0.6) is 0 Å². The third-order valence-corrected chi connectivity index (χ3v) is 5.06. The van der Waals surface area contributed by atoms with Gasteiger partial charge in [0.2, 0.25) is 0 Å². The third-order valence-electron chi connectivity index (χ3n) is 2.35. The van der Waals surface area contributed by atoms with Gasteiger partial charge in [-0.25, -0.2) is 12.8 Å². The first-order valence-corrected chi connectivity index (χ1v) is 7.80. The summed E-state index contributed by atoms with van der Waals surface area (Å²) in [5.41, 5.74) is 5.83. The van der Waals surface area contributed by atoms with Crippen LogP contribution in [0.15, 0.2) is 22.7 Å². The number of hydrogen-bond acceptors (Lipinski definition) is 3. The molecule has 0 aliphatic rings. The van der Waals surface area contributed by atoms with Crippen LogP contribution in [0.25, 0.3) is 0 Å². The molecule has 1 aromatic rings. The SMILES string of the molecule is CC(CN)CS(=O)(=O)Cc1cccc(F)c1Br. The van der Waals surface area contributed by atoms with Crippen molar-refractivity contribution < 1.29 is 12.8 Å². The Balaban J connectivity index is 2.87. The van der Waals surface area contributed by atoms with Crippen molar-refractivity contribution in [3.05, 3.63) is 34.1 Å². The molecule has 0 radical (unpaired) electrons. The van der Waals surface area contributed by atoms with Gasteiger partial charge < -0.3 is 5.73 Å². The molecule has 0 heterocycles. The lowest BCUT2D eigenvalue weighted by atomic mass is 10.2. The Morgan fingerprint density at radius 3 is 2.71 bits per heavy atom. The van der Waals surface area contributed by atoms with Crippen LogP contribution in [0.3, 0.4) is 0 Å². The van der Waals surface area contributed by atoms with Gasteiger partial charge in [0.1, 0.15) is 5.82 Å². The molecule has 96 valence electrons. The highest BCUT2D eigenvalue weighted by molar-refractivity contribution is 9.10. The van der Waals surface area contributed by atoms with Crippen molar-refractivity contribution in [2.45, 2.75) is 12.7 Å². The van der Waals surface area contributed by atoms with Crippen molar-refractivity contribution in [2.75, 3.05) is 12.3 Å². The van der Waals surface area contributed by atoms with E-state index in [2.05, 4.69) is 15.9 Å². The molecule has 0 aromatic heterocycles. The van der Waals surface area contributed by atoms with E-state index in [-0.39, 0.29) is 21.9 Å². The molecule has 0 aliphatic heterocycles. The Morgan fingerprint density at radius 2 is 2.12 bits per heavy atom. The topological polar surface area (TPSA) is 60.2 Å². The summed E-state index contributed by atoms with van der Waals surface area (Å²) in [5.74, 6) is -0.695. The largest absolute Gasteiger partial charge is 0.330 e. The predicted octanol–water partition coefficient (Wildman–Crippen LogP) is 2.10. The Bertz CT molecular complexity index is 490. The van der Waals surface area contributed by atoms with Gasteiger partial charge >= 0.3 is 0 Å². The normalized spacial score (nSPS) is 13.6. The van der Waals surface area contributed by atoms with Crippen molar-refractivity contribution in [2.24, 2.45) is 11.7 Å². The minimum absolute atomic E-state index is 0.0203. The van der Waals surface area contributed by atoms with Gasteiger partial charge in [-0.15, -0.1) is 0 Å². The molecule has 17 heavy (non-hydrogen) atoms. The van der Waals surface area contributed by atoms with Crippen molar-refractivity contribution >= 4 is 25.8 Å². The summed E-state index contributed by atoms with van der Waals surface area (Å²) in [5, 5.41) is 0. The van der Waals surface area contributed by atoms with E-state index in [0.717, 1.165) is 0 Å². The van der Waals surface area contributed by atoms with Crippen molar-refractivity contribution in [3.63, 3.8) is 0 Å². The Labute approximate surface area is 109 Å². The fourth-order valence-electron chi connectivity index (χ4n) is 1.46. The van der Waals surface area contributed by atoms with Gasteiger partial charge in [-0.2, -0.15) is 0 Å². The fourth-order valence-corrected chi connectivity index (χ4v) is 3.88. The van der Waals surface area contributed by atoms with Gasteiger partial charge in [0.25, 0.3) is 0 Å². The lowest BCUT2D eigenvalue weighted by Gasteiger charge is -2.10. The number of sulfone groups is 1. The number of rotatable bonds is 5. The van der Waals surface area contributed by atoms with Gasteiger partial charge in [-0.3, -0.25) is 0 Å². The highest BCUT2D eigenvalue weighted by Gasteiger charge is 2.18. The molecule has 0 amide bonds. The van der Waals surface area contributed by atoms with Crippen LogP contribution in [0, 0.1) is 11.7 Å². The van der Waals surface area contributed by atoms with Gasteiger partial charge in [0.15, 0.2) is 9.84 Å². The zero-order valence-electron chi connectivity index (χ0n) is 9.49. The minimum Gasteiger partial charge on any atom is -0.330 e. The van der Waals surface area contributed by atoms with Crippen molar-refractivity contribution in [3.8, 4) is 0 Å². The van der Waals surface area contributed by atoms with E-state index in [1.807, 2.05) is 0 Å². The molecule has 1 atom stereocenters. The molecular formula is C11H15BrFNO2S. The van der Waals surface area contributed by atoms with E-state index in [4.69, 9.17) is 5.73 Å². The highest BCUT2D eigenvalue weighted by Crippen LogP contribution is 2.22. The van der Waals surface area contributed by atoms with Gasteiger partial charge in [0, 0.05) is 0 Å². The van der Waals surface area contributed by atoms with E-state index in [1.54, 1.807) is 13.0 Å². The van der Waals surface area contributed by atoms with E-state index in [0.29, 0.717) is 12.1 Å². The maximum Gasteiger partial charge on any atom is 0.154 e. The molecule has 0 fully saturated rings. The molecule has 1 unspecified atom stereocenters. The van der Waals surface area contributed by atoms with Crippen molar-refractivity contribution in [1.29, 1.82) is 0 Å². The molecule has 3 nitrogen and oxygen atoms in total. The smallest absolute Gasteiger partial charge is 0.154 e. The molecule has 2 N–H and O–H groups in total. The summed E-state index contributed by atoms with van der Waals surface area (Å²) >= 11 is 3.05. The van der Waals surface area contributed by atoms with Crippen LogP contribution in [-0.2, 0) is 15.6 Å². The van der Waals surface area contributed by atoms with Crippen molar-refractivity contribution in [1.82, 2.24) is 0 Å². The van der Waals surface area contributed by atoms with Crippen LogP contribution >= 0.6 is 15.9 Å². The number of nitrogens with two attached hydrogens (primary N) is 1. The zero-order chi connectivity index (χ0) is 13.1. The van der Waals surface area contributed by atoms with Crippen LogP contribution in [0.4, 0.5) is 4.39 Å². The first-order chi connectivity index (χ1) is 7.85. The summed E-state index contributed by atoms with van der Waals surface area (Å²) in [6, 6.07) is 4.37. The number of halogens is 2. The zero-order valence-corrected chi connectivity index (χ0v) is 11.9. The Kier molecular flexibility index (Phi) is 5.09. The summed E-state index contributed by atoms with van der Waals surface area (Å²) in [6.45, 7) is 2.10. The van der Waals surface area contributed by atoms with E-state index >= 15 is 0 Å². The predicted molar refractivity (Wildman–Crippen MR) is 69.8 cm³/mol. The minimum atomic E-state index is -3.26. The molecular weight excluding hydrogens is 309 g/mol. The second-order valence-corrected chi connectivity index (χ2v) is 7.01. The second kappa shape index (κ2) is 5.93. The van der Waals surface area contributed by atoms with Gasteiger partial charge in [0.05, 0.1) is 16.0 Å². The summed E-state index contributed by atoms with van der Waals surface area (Å²) in [4.78, 5) is 0. The standard InChI is InChI=1S/C11H15BrFNO2S/c1-8(5-14)6-17(15,16)7-9-3-2-4-10(13)11(9)12/h2-4,8H,5-7,14H2,1H3. The summed E-state index contributed by atoms with van der Waals surface area (Å²) in [6.07, 6.45) is 0. The highest BCUT2D eigenvalue weighted by atomic mass is 79.9. The summed E-state index contributed by atoms with van der Waals surface area (Å²) < 4.78 is 37.1. The quantitative estimate of drug-likeness (QED) is 0.902. The van der Waals surface area contributed by atoms with Crippen LogP contribution in [0.2, 0.25) is 0 Å². The molecule has 1 rings (SSSR count). The van der Waals surface area contributed by atoms with Crippen LogP contribution < -0.4 is 5.73 Å². The molecule has 0 aliphatic carbocycles. The van der Waals surface area contributed by atoms with E-state index < -0.39 is 15.7 Å². The molecule has 0 saturated heterocycles. The van der Waals surface area contributed by atoms with Gasteiger partial charge in [-0.1, -0.05) is 19.1 Å². The maximum absolute atomic E-state index is 13.2. The Hall–Kier alpha value is -0.460. The average Bonchev–Trinajstić information content (AvgIpc) is 2.23. The Morgan fingerprint density at radius 1 is 1.47 bits per heavy atom.